The Morgan fingerprint density at radius 3 is 2.84 bits per heavy atom. The number of rotatable bonds is 2. The molecule has 98 valence electrons. The lowest BCUT2D eigenvalue weighted by Crippen LogP contribution is -2.17. The number of aromatic hydroxyl groups is 1. The molecule has 2 aromatic rings. The fourth-order valence-corrected chi connectivity index (χ4v) is 1.81. The highest BCUT2D eigenvalue weighted by molar-refractivity contribution is 7.71. The standard InChI is InChI=1S/C12H12N4O2S/c1-6-4-3-5-13-9(6)14-7(2)8-10(17)15-12(19)16-11(8)18/h3-5H,1-2H3,(H3,15,16,17,18,19)/b14-7+. The van der Waals surface area contributed by atoms with Crippen molar-refractivity contribution in [3.63, 3.8) is 0 Å². The van der Waals surface area contributed by atoms with Crippen LogP contribution < -0.4 is 5.56 Å². The van der Waals surface area contributed by atoms with Crippen molar-refractivity contribution in [1.82, 2.24) is 15.0 Å². The Labute approximate surface area is 113 Å². The van der Waals surface area contributed by atoms with Gasteiger partial charge in [0.15, 0.2) is 10.6 Å². The van der Waals surface area contributed by atoms with E-state index in [4.69, 9.17) is 12.2 Å². The number of hydrogen-bond acceptors (Lipinski definition) is 5. The van der Waals surface area contributed by atoms with Gasteiger partial charge in [-0.3, -0.25) is 9.78 Å². The van der Waals surface area contributed by atoms with Crippen LogP contribution in [0.4, 0.5) is 5.82 Å². The minimum Gasteiger partial charge on any atom is -0.494 e. The maximum absolute atomic E-state index is 11.8. The van der Waals surface area contributed by atoms with Crippen LogP contribution in [0.1, 0.15) is 18.1 Å². The number of aromatic nitrogens is 3. The SMILES string of the molecule is C/C(=N\c1ncccc1C)c1c(O)[nH]c(=S)[nH]c1=O. The summed E-state index contributed by atoms with van der Waals surface area (Å²) in [5.74, 6) is 0.199. The third-order valence-corrected chi connectivity index (χ3v) is 2.74. The zero-order valence-corrected chi connectivity index (χ0v) is 11.2. The second-order valence-electron chi connectivity index (χ2n) is 3.97. The molecule has 0 atom stereocenters. The molecular formula is C12H12N4O2S. The van der Waals surface area contributed by atoms with Crippen LogP contribution in [-0.4, -0.2) is 25.8 Å². The van der Waals surface area contributed by atoms with Crippen molar-refractivity contribution in [1.29, 1.82) is 0 Å². The Bertz CT molecular complexity index is 761. The average Bonchev–Trinajstić information content (AvgIpc) is 2.30. The normalized spacial score (nSPS) is 11.6. The van der Waals surface area contributed by atoms with Crippen molar-refractivity contribution in [3.8, 4) is 5.88 Å². The van der Waals surface area contributed by atoms with Gasteiger partial charge in [0.2, 0.25) is 5.88 Å². The highest BCUT2D eigenvalue weighted by Crippen LogP contribution is 2.16. The molecule has 0 aliphatic rings. The molecule has 0 bridgehead atoms. The molecule has 3 N–H and O–H groups in total. The van der Waals surface area contributed by atoms with E-state index in [2.05, 4.69) is 19.9 Å². The zero-order chi connectivity index (χ0) is 14.0. The number of aryl methyl sites for hydroxylation is 1. The van der Waals surface area contributed by atoms with Gasteiger partial charge in [-0.1, -0.05) is 6.07 Å². The first-order valence-corrected chi connectivity index (χ1v) is 5.92. The van der Waals surface area contributed by atoms with E-state index >= 15 is 0 Å². The van der Waals surface area contributed by atoms with Crippen LogP contribution in [0, 0.1) is 11.7 Å². The van der Waals surface area contributed by atoms with E-state index in [0.29, 0.717) is 11.5 Å². The summed E-state index contributed by atoms with van der Waals surface area (Å²) < 4.78 is 0.0630. The first-order chi connectivity index (χ1) is 8.99. The van der Waals surface area contributed by atoms with Gasteiger partial charge in [0.05, 0.1) is 5.71 Å². The molecule has 0 saturated carbocycles. The van der Waals surface area contributed by atoms with Gasteiger partial charge < -0.3 is 10.1 Å². The molecule has 0 saturated heterocycles. The van der Waals surface area contributed by atoms with Crippen LogP contribution >= 0.6 is 12.2 Å². The molecule has 0 unspecified atom stereocenters. The van der Waals surface area contributed by atoms with E-state index in [0.717, 1.165) is 5.56 Å². The van der Waals surface area contributed by atoms with Crippen LogP contribution in [0.2, 0.25) is 0 Å². The van der Waals surface area contributed by atoms with Crippen molar-refractivity contribution in [2.45, 2.75) is 13.8 Å². The van der Waals surface area contributed by atoms with Crippen LogP contribution in [0.25, 0.3) is 0 Å². The van der Waals surface area contributed by atoms with Gasteiger partial charge in [-0.2, -0.15) is 0 Å². The van der Waals surface area contributed by atoms with Gasteiger partial charge in [-0.05, 0) is 37.7 Å². The molecule has 2 heterocycles. The molecule has 2 rings (SSSR count). The predicted molar refractivity (Wildman–Crippen MR) is 74.8 cm³/mol. The van der Waals surface area contributed by atoms with Crippen molar-refractivity contribution in [2.75, 3.05) is 0 Å². The van der Waals surface area contributed by atoms with Crippen LogP contribution in [-0.2, 0) is 0 Å². The predicted octanol–water partition coefficient (Wildman–Crippen LogP) is 1.98. The monoisotopic (exact) mass is 276 g/mol. The molecule has 0 radical (unpaired) electrons. The third kappa shape index (κ3) is 2.76. The van der Waals surface area contributed by atoms with Gasteiger partial charge in [0.25, 0.3) is 5.56 Å². The summed E-state index contributed by atoms with van der Waals surface area (Å²) in [5.41, 5.74) is 0.795. The number of nitrogens with one attached hydrogen (secondary N) is 2. The highest BCUT2D eigenvalue weighted by atomic mass is 32.1. The Kier molecular flexibility index (Phi) is 3.57. The summed E-state index contributed by atoms with van der Waals surface area (Å²) in [4.78, 5) is 25.0. The lowest BCUT2D eigenvalue weighted by Gasteiger charge is -2.04. The van der Waals surface area contributed by atoms with Gasteiger partial charge in [-0.15, -0.1) is 0 Å². The number of H-pyrrole nitrogens is 2. The number of nitrogens with zero attached hydrogens (tertiary/aromatic N) is 2. The molecular weight excluding hydrogens is 264 g/mol. The molecule has 7 heteroatoms. The Balaban J connectivity index is 2.57. The molecule has 0 fully saturated rings. The number of aromatic amines is 2. The number of pyridine rings is 1. The third-order valence-electron chi connectivity index (χ3n) is 2.54. The average molecular weight is 276 g/mol. The largest absolute Gasteiger partial charge is 0.494 e. The lowest BCUT2D eigenvalue weighted by molar-refractivity contribution is 0.448. The summed E-state index contributed by atoms with van der Waals surface area (Å²) in [5, 5.41) is 9.75. The Hall–Kier alpha value is -2.28. The molecule has 0 amide bonds. The number of aliphatic imine (C=N–C) groups is 1. The first kappa shape index (κ1) is 13.2. The lowest BCUT2D eigenvalue weighted by atomic mass is 10.2. The van der Waals surface area contributed by atoms with E-state index in [1.807, 2.05) is 13.0 Å². The molecule has 2 aromatic heterocycles. The Morgan fingerprint density at radius 1 is 1.47 bits per heavy atom. The van der Waals surface area contributed by atoms with E-state index in [-0.39, 0.29) is 16.2 Å². The second kappa shape index (κ2) is 5.15. The minimum atomic E-state index is -0.490. The summed E-state index contributed by atoms with van der Waals surface area (Å²) in [6.07, 6.45) is 1.61. The van der Waals surface area contributed by atoms with E-state index in [9.17, 15) is 9.90 Å². The van der Waals surface area contributed by atoms with Crippen molar-refractivity contribution < 1.29 is 5.11 Å². The van der Waals surface area contributed by atoms with E-state index < -0.39 is 5.56 Å². The first-order valence-electron chi connectivity index (χ1n) is 5.52. The van der Waals surface area contributed by atoms with Gasteiger partial charge in [-0.25, -0.2) is 9.98 Å². The van der Waals surface area contributed by atoms with Gasteiger partial charge >= 0.3 is 0 Å². The summed E-state index contributed by atoms with van der Waals surface area (Å²) in [6.45, 7) is 3.48. The summed E-state index contributed by atoms with van der Waals surface area (Å²) in [7, 11) is 0. The number of hydrogen-bond donors (Lipinski definition) is 3. The molecule has 0 aliphatic carbocycles. The maximum atomic E-state index is 11.8. The van der Waals surface area contributed by atoms with Gasteiger partial charge in [0.1, 0.15) is 5.56 Å². The Morgan fingerprint density at radius 2 is 2.21 bits per heavy atom. The van der Waals surface area contributed by atoms with Crippen LogP contribution in [0.3, 0.4) is 0 Å². The van der Waals surface area contributed by atoms with Crippen LogP contribution in [0.5, 0.6) is 5.88 Å². The summed E-state index contributed by atoms with van der Waals surface area (Å²) >= 11 is 4.76. The molecule has 0 aliphatic heterocycles. The fraction of sp³-hybridized carbons (Fsp3) is 0.167. The molecule has 0 spiro atoms. The maximum Gasteiger partial charge on any atom is 0.264 e. The van der Waals surface area contributed by atoms with Gasteiger partial charge in [0, 0.05) is 6.20 Å². The van der Waals surface area contributed by atoms with E-state index in [1.165, 1.54) is 0 Å². The smallest absolute Gasteiger partial charge is 0.264 e. The molecule has 6 nitrogen and oxygen atoms in total. The van der Waals surface area contributed by atoms with E-state index in [1.54, 1.807) is 19.2 Å². The topological polar surface area (TPSA) is 94.1 Å². The minimum absolute atomic E-state index is 0.0543. The van der Waals surface area contributed by atoms with Crippen molar-refractivity contribution >= 4 is 23.7 Å². The second-order valence-corrected chi connectivity index (χ2v) is 4.38. The zero-order valence-electron chi connectivity index (χ0n) is 10.4. The quantitative estimate of drug-likeness (QED) is 0.577. The molecule has 19 heavy (non-hydrogen) atoms. The summed E-state index contributed by atoms with van der Waals surface area (Å²) in [6, 6.07) is 3.66. The fourth-order valence-electron chi connectivity index (χ4n) is 1.62. The van der Waals surface area contributed by atoms with Crippen molar-refractivity contribution in [2.24, 2.45) is 4.99 Å². The van der Waals surface area contributed by atoms with Crippen molar-refractivity contribution in [3.05, 3.63) is 44.6 Å². The van der Waals surface area contributed by atoms with Crippen LogP contribution in [0.15, 0.2) is 28.1 Å². The molecule has 0 aromatic carbocycles. The highest BCUT2D eigenvalue weighted by Gasteiger charge is 2.11.